The van der Waals surface area contributed by atoms with Crippen LogP contribution in [0.15, 0.2) is 10.9 Å². The van der Waals surface area contributed by atoms with E-state index < -0.39 is 0 Å². The molecule has 0 radical (unpaired) electrons. The highest BCUT2D eigenvalue weighted by Crippen LogP contribution is 2.25. The molecule has 0 spiro atoms. The van der Waals surface area contributed by atoms with Crippen LogP contribution in [0.5, 0.6) is 0 Å². The van der Waals surface area contributed by atoms with E-state index in [1.54, 1.807) is 24.5 Å². The second-order valence-electron chi connectivity index (χ2n) is 5.19. The van der Waals surface area contributed by atoms with Gasteiger partial charge in [-0.1, -0.05) is 0 Å². The highest BCUT2D eigenvalue weighted by Gasteiger charge is 2.21. The van der Waals surface area contributed by atoms with Crippen LogP contribution in [0.4, 0.5) is 0 Å². The first kappa shape index (κ1) is 15.2. The van der Waals surface area contributed by atoms with Crippen LogP contribution < -0.4 is 5.56 Å². The van der Waals surface area contributed by atoms with Gasteiger partial charge in [-0.05, 0) is 50.2 Å². The van der Waals surface area contributed by atoms with E-state index in [1.165, 1.54) is 0 Å². The zero-order chi connectivity index (χ0) is 14.7. The number of aryl methyl sites for hydroxylation is 1. The molecular formula is C15H21NO3S. The van der Waals surface area contributed by atoms with Crippen LogP contribution in [0.1, 0.15) is 35.0 Å². The molecule has 0 aromatic carbocycles. The van der Waals surface area contributed by atoms with Gasteiger partial charge in [0.05, 0.1) is 12.2 Å². The minimum absolute atomic E-state index is 0.0232. The summed E-state index contributed by atoms with van der Waals surface area (Å²) in [6.45, 7) is 6.45. The van der Waals surface area contributed by atoms with Crippen LogP contribution in [0.3, 0.4) is 0 Å². The zero-order valence-corrected chi connectivity index (χ0v) is 13.1. The summed E-state index contributed by atoms with van der Waals surface area (Å²) in [5, 5.41) is 0. The Morgan fingerprint density at radius 1 is 1.50 bits per heavy atom. The van der Waals surface area contributed by atoms with E-state index in [1.807, 2.05) is 18.7 Å². The van der Waals surface area contributed by atoms with E-state index in [-0.39, 0.29) is 11.5 Å². The van der Waals surface area contributed by atoms with Crippen LogP contribution in [0.2, 0.25) is 0 Å². The maximum Gasteiger partial charge on any atom is 0.340 e. The fourth-order valence-electron chi connectivity index (χ4n) is 2.65. The van der Waals surface area contributed by atoms with Gasteiger partial charge in [0.1, 0.15) is 0 Å². The number of rotatable bonds is 4. The van der Waals surface area contributed by atoms with Crippen molar-refractivity contribution in [2.45, 2.75) is 33.7 Å². The number of esters is 1. The van der Waals surface area contributed by atoms with Gasteiger partial charge >= 0.3 is 5.97 Å². The van der Waals surface area contributed by atoms with Crippen molar-refractivity contribution < 1.29 is 9.53 Å². The first-order valence-corrected chi connectivity index (χ1v) is 8.16. The molecule has 0 amide bonds. The van der Waals surface area contributed by atoms with Gasteiger partial charge in [0, 0.05) is 18.3 Å². The number of aromatic nitrogens is 1. The first-order valence-electron chi connectivity index (χ1n) is 7.00. The van der Waals surface area contributed by atoms with Crippen molar-refractivity contribution in [2.24, 2.45) is 5.92 Å². The third kappa shape index (κ3) is 3.08. The number of nitrogens with zero attached hydrogens (tertiary/aromatic N) is 1. The number of ether oxygens (including phenoxy) is 1. The SMILES string of the molecule is CCOC(=O)c1c(C)cc(=O)n(CC2CCSC2)c1C. The molecule has 110 valence electrons. The summed E-state index contributed by atoms with van der Waals surface area (Å²) in [5.74, 6) is 2.44. The minimum atomic E-state index is -0.336. The molecule has 1 atom stereocenters. The number of carbonyl (C=O) groups excluding carboxylic acids is 1. The van der Waals surface area contributed by atoms with Crippen molar-refractivity contribution in [3.05, 3.63) is 33.2 Å². The first-order chi connectivity index (χ1) is 9.54. The van der Waals surface area contributed by atoms with Gasteiger partial charge in [-0.2, -0.15) is 11.8 Å². The predicted molar refractivity (Wildman–Crippen MR) is 81.6 cm³/mol. The van der Waals surface area contributed by atoms with Gasteiger partial charge in [0.25, 0.3) is 5.56 Å². The molecule has 0 saturated carbocycles. The number of hydrogen-bond acceptors (Lipinski definition) is 4. The Balaban J connectivity index is 2.38. The number of hydrogen-bond donors (Lipinski definition) is 0. The largest absolute Gasteiger partial charge is 0.462 e. The average molecular weight is 295 g/mol. The Morgan fingerprint density at radius 2 is 2.25 bits per heavy atom. The Bertz CT molecular complexity index is 559. The smallest absolute Gasteiger partial charge is 0.340 e. The molecule has 1 fully saturated rings. The molecule has 2 rings (SSSR count). The van der Waals surface area contributed by atoms with Crippen LogP contribution in [0.25, 0.3) is 0 Å². The quantitative estimate of drug-likeness (QED) is 0.800. The number of thioether (sulfide) groups is 1. The van der Waals surface area contributed by atoms with Crippen molar-refractivity contribution >= 4 is 17.7 Å². The van der Waals surface area contributed by atoms with Gasteiger partial charge < -0.3 is 9.30 Å². The van der Waals surface area contributed by atoms with Crippen molar-refractivity contribution in [1.29, 1.82) is 0 Å². The molecule has 0 bridgehead atoms. The maximum atomic E-state index is 12.2. The van der Waals surface area contributed by atoms with E-state index in [4.69, 9.17) is 4.74 Å². The normalized spacial score (nSPS) is 18.2. The summed E-state index contributed by atoms with van der Waals surface area (Å²) < 4.78 is 6.83. The van der Waals surface area contributed by atoms with Gasteiger partial charge in [0.2, 0.25) is 0 Å². The molecule has 0 aliphatic carbocycles. The van der Waals surface area contributed by atoms with Crippen molar-refractivity contribution in [3.8, 4) is 0 Å². The highest BCUT2D eigenvalue weighted by atomic mass is 32.2. The second-order valence-corrected chi connectivity index (χ2v) is 6.34. The van der Waals surface area contributed by atoms with E-state index >= 15 is 0 Å². The maximum absolute atomic E-state index is 12.2. The number of carbonyl (C=O) groups is 1. The third-order valence-electron chi connectivity index (χ3n) is 3.71. The molecule has 0 N–H and O–H groups in total. The lowest BCUT2D eigenvalue weighted by Crippen LogP contribution is -2.29. The summed E-state index contributed by atoms with van der Waals surface area (Å²) in [6, 6.07) is 1.54. The Hall–Kier alpha value is -1.23. The molecule has 1 aliphatic heterocycles. The van der Waals surface area contributed by atoms with Crippen LogP contribution in [-0.4, -0.2) is 28.6 Å². The Morgan fingerprint density at radius 3 is 2.85 bits per heavy atom. The van der Waals surface area contributed by atoms with Crippen molar-refractivity contribution in [2.75, 3.05) is 18.1 Å². The van der Waals surface area contributed by atoms with Crippen molar-refractivity contribution in [1.82, 2.24) is 4.57 Å². The van der Waals surface area contributed by atoms with Gasteiger partial charge in [-0.15, -0.1) is 0 Å². The summed E-state index contributed by atoms with van der Waals surface area (Å²) in [7, 11) is 0. The molecular weight excluding hydrogens is 274 g/mol. The summed E-state index contributed by atoms with van der Waals surface area (Å²) >= 11 is 1.93. The molecule has 4 nitrogen and oxygen atoms in total. The zero-order valence-electron chi connectivity index (χ0n) is 12.3. The van der Waals surface area contributed by atoms with E-state index in [9.17, 15) is 9.59 Å². The molecule has 1 aliphatic rings. The molecule has 20 heavy (non-hydrogen) atoms. The highest BCUT2D eigenvalue weighted by molar-refractivity contribution is 7.99. The van der Waals surface area contributed by atoms with Crippen LogP contribution >= 0.6 is 11.8 Å². The molecule has 5 heteroatoms. The molecule has 1 unspecified atom stereocenters. The van der Waals surface area contributed by atoms with Crippen molar-refractivity contribution in [3.63, 3.8) is 0 Å². The van der Waals surface area contributed by atoms with Gasteiger partial charge in [0.15, 0.2) is 0 Å². The lowest BCUT2D eigenvalue weighted by Gasteiger charge is -2.18. The van der Waals surface area contributed by atoms with E-state index in [0.717, 1.165) is 23.6 Å². The monoisotopic (exact) mass is 295 g/mol. The van der Waals surface area contributed by atoms with Crippen LogP contribution in [0, 0.1) is 19.8 Å². The summed E-state index contributed by atoms with van der Waals surface area (Å²) in [4.78, 5) is 24.2. The Labute approximate surface area is 123 Å². The summed E-state index contributed by atoms with van der Waals surface area (Å²) in [6.07, 6.45) is 1.14. The molecule has 1 saturated heterocycles. The topological polar surface area (TPSA) is 48.3 Å². The molecule has 2 heterocycles. The molecule has 1 aromatic heterocycles. The standard InChI is InChI=1S/C15H21NO3S/c1-4-19-15(18)14-10(2)7-13(17)16(11(14)3)8-12-5-6-20-9-12/h7,12H,4-6,8-9H2,1-3H3. The van der Waals surface area contributed by atoms with E-state index in [2.05, 4.69) is 0 Å². The lowest BCUT2D eigenvalue weighted by molar-refractivity contribution is 0.0523. The average Bonchev–Trinajstić information content (AvgIpc) is 2.87. The van der Waals surface area contributed by atoms with E-state index in [0.29, 0.717) is 30.2 Å². The van der Waals surface area contributed by atoms with Gasteiger partial charge in [-0.3, -0.25) is 4.79 Å². The third-order valence-corrected chi connectivity index (χ3v) is 4.94. The molecule has 1 aromatic rings. The lowest BCUT2D eigenvalue weighted by atomic mass is 10.1. The Kier molecular flexibility index (Phi) is 4.91. The van der Waals surface area contributed by atoms with Gasteiger partial charge in [-0.25, -0.2) is 4.79 Å². The summed E-state index contributed by atoms with van der Waals surface area (Å²) in [5.41, 5.74) is 1.94. The predicted octanol–water partition coefficient (Wildman–Crippen LogP) is 2.39. The van der Waals surface area contributed by atoms with Crippen LogP contribution in [-0.2, 0) is 11.3 Å². The second kappa shape index (κ2) is 6.48. The fraction of sp³-hybridized carbons (Fsp3) is 0.600. The number of pyridine rings is 1. The fourth-order valence-corrected chi connectivity index (χ4v) is 3.92. The minimum Gasteiger partial charge on any atom is -0.462 e.